The van der Waals surface area contributed by atoms with Gasteiger partial charge < -0.3 is 34.5 Å². The number of nitriles is 1. The van der Waals surface area contributed by atoms with Crippen molar-refractivity contribution in [2.24, 2.45) is 0 Å². The van der Waals surface area contributed by atoms with Gasteiger partial charge in [0.25, 0.3) is 0 Å². The predicted octanol–water partition coefficient (Wildman–Crippen LogP) is 1.30. The fourth-order valence-electron chi connectivity index (χ4n) is 3.63. The number of aliphatic hydroxyl groups excluding tert-OH is 4. The predicted molar refractivity (Wildman–Crippen MR) is 110 cm³/mol. The highest BCUT2D eigenvalue weighted by molar-refractivity contribution is 7.71. The third-order valence-corrected chi connectivity index (χ3v) is 5.72. The van der Waals surface area contributed by atoms with Crippen LogP contribution in [0.5, 0.6) is 5.75 Å². The highest BCUT2D eigenvalue weighted by atomic mass is 32.1. The van der Waals surface area contributed by atoms with Crippen LogP contribution in [0.4, 0.5) is 0 Å². The minimum atomic E-state index is -1.54. The van der Waals surface area contributed by atoms with Crippen molar-refractivity contribution in [2.75, 3.05) is 13.7 Å². The fraction of sp³-hybridized carbons (Fsp3) is 0.429. The maximum Gasteiger partial charge on any atom is 0.164 e. The van der Waals surface area contributed by atoms with Crippen molar-refractivity contribution in [1.29, 1.82) is 5.26 Å². The number of ether oxygens (including phenoxy) is 2. The zero-order valence-electron chi connectivity index (χ0n) is 16.6. The zero-order chi connectivity index (χ0) is 22.0. The molecule has 5 atom stereocenters. The van der Waals surface area contributed by atoms with Gasteiger partial charge in [-0.15, -0.1) is 0 Å². The van der Waals surface area contributed by atoms with Crippen LogP contribution in [0.25, 0.3) is 11.1 Å². The lowest BCUT2D eigenvalue weighted by molar-refractivity contribution is -0.252. The molecule has 2 heterocycles. The van der Waals surface area contributed by atoms with Crippen LogP contribution in [0.15, 0.2) is 30.3 Å². The van der Waals surface area contributed by atoms with Crippen LogP contribution >= 0.6 is 12.2 Å². The van der Waals surface area contributed by atoms with Crippen molar-refractivity contribution < 1.29 is 29.9 Å². The average molecular weight is 432 g/mol. The highest BCUT2D eigenvalue weighted by Crippen LogP contribution is 2.34. The maximum atomic E-state index is 10.5. The molecule has 30 heavy (non-hydrogen) atoms. The first-order chi connectivity index (χ1) is 14.4. The second-order valence-electron chi connectivity index (χ2n) is 7.01. The molecule has 1 aromatic heterocycles. The molecule has 0 unspecified atom stereocenters. The number of aliphatic hydroxyl groups is 4. The van der Waals surface area contributed by atoms with E-state index in [2.05, 4.69) is 6.07 Å². The number of hydrogen-bond acceptors (Lipinski definition) is 8. The molecule has 1 aliphatic heterocycles. The SMILES string of the molecule is CCc1cc(-c2ccc(OC)cc2)c(C#N)c(=S)n1[C@@H]1O[C@H](CO)[C@H](O)[C@H](O)[C@H]1O. The maximum absolute atomic E-state index is 10.5. The Labute approximate surface area is 179 Å². The van der Waals surface area contributed by atoms with Gasteiger partial charge in [0.1, 0.15) is 40.9 Å². The summed E-state index contributed by atoms with van der Waals surface area (Å²) in [4.78, 5) is 0. The van der Waals surface area contributed by atoms with Crippen molar-refractivity contribution in [3.8, 4) is 22.9 Å². The molecule has 1 fully saturated rings. The third kappa shape index (κ3) is 3.86. The van der Waals surface area contributed by atoms with Gasteiger partial charge in [-0.25, -0.2) is 0 Å². The summed E-state index contributed by atoms with van der Waals surface area (Å²) in [5, 5.41) is 50.1. The van der Waals surface area contributed by atoms with Gasteiger partial charge in [-0.05, 0) is 30.2 Å². The molecule has 1 aliphatic rings. The van der Waals surface area contributed by atoms with E-state index >= 15 is 0 Å². The second kappa shape index (κ2) is 9.22. The third-order valence-electron chi connectivity index (χ3n) is 5.32. The van der Waals surface area contributed by atoms with E-state index in [1.165, 1.54) is 4.57 Å². The Kier molecular flexibility index (Phi) is 6.88. The number of aryl methyl sites for hydroxylation is 1. The Morgan fingerprint density at radius 1 is 1.17 bits per heavy atom. The Morgan fingerprint density at radius 2 is 1.83 bits per heavy atom. The summed E-state index contributed by atoms with van der Waals surface area (Å²) < 4.78 is 12.5. The van der Waals surface area contributed by atoms with E-state index in [1.54, 1.807) is 25.3 Å². The number of hydrogen-bond donors (Lipinski definition) is 4. The van der Waals surface area contributed by atoms with Crippen molar-refractivity contribution in [3.05, 3.63) is 46.2 Å². The first kappa shape index (κ1) is 22.4. The van der Waals surface area contributed by atoms with Crippen LogP contribution in [0.2, 0.25) is 0 Å². The number of nitrogens with zero attached hydrogens (tertiary/aromatic N) is 2. The van der Waals surface area contributed by atoms with Crippen molar-refractivity contribution in [2.45, 2.75) is 44.0 Å². The lowest BCUT2D eigenvalue weighted by Crippen LogP contribution is -2.56. The quantitative estimate of drug-likeness (QED) is 0.521. The minimum Gasteiger partial charge on any atom is -0.497 e. The summed E-state index contributed by atoms with van der Waals surface area (Å²) in [5.74, 6) is 0.680. The van der Waals surface area contributed by atoms with Crippen molar-refractivity contribution >= 4 is 12.2 Å². The largest absolute Gasteiger partial charge is 0.497 e. The molecule has 160 valence electrons. The van der Waals surface area contributed by atoms with E-state index in [4.69, 9.17) is 21.7 Å². The van der Waals surface area contributed by atoms with E-state index in [9.17, 15) is 25.7 Å². The van der Waals surface area contributed by atoms with Crippen LogP contribution in [0.3, 0.4) is 0 Å². The summed E-state index contributed by atoms with van der Waals surface area (Å²) in [6.07, 6.45) is -6.27. The zero-order valence-corrected chi connectivity index (χ0v) is 17.4. The van der Waals surface area contributed by atoms with Gasteiger partial charge in [-0.3, -0.25) is 0 Å². The van der Waals surface area contributed by atoms with E-state index in [0.717, 1.165) is 5.56 Å². The Hall–Kier alpha value is -2.32. The van der Waals surface area contributed by atoms with Gasteiger partial charge >= 0.3 is 0 Å². The first-order valence-electron chi connectivity index (χ1n) is 9.51. The van der Waals surface area contributed by atoms with E-state index in [-0.39, 0.29) is 10.2 Å². The normalized spacial score (nSPS) is 26.2. The molecule has 0 bridgehead atoms. The number of rotatable bonds is 5. The lowest BCUT2D eigenvalue weighted by atomic mass is 9.96. The lowest BCUT2D eigenvalue weighted by Gasteiger charge is -2.41. The topological polar surface area (TPSA) is 128 Å². The van der Waals surface area contributed by atoms with Gasteiger partial charge in [-0.1, -0.05) is 31.3 Å². The molecule has 2 aromatic rings. The fourth-order valence-corrected chi connectivity index (χ4v) is 4.00. The molecule has 8 nitrogen and oxygen atoms in total. The number of aromatic nitrogens is 1. The molecule has 9 heteroatoms. The van der Waals surface area contributed by atoms with E-state index in [0.29, 0.717) is 23.4 Å². The van der Waals surface area contributed by atoms with Crippen LogP contribution in [0.1, 0.15) is 24.4 Å². The summed E-state index contributed by atoms with van der Waals surface area (Å²) in [6.45, 7) is 1.33. The van der Waals surface area contributed by atoms with Crippen molar-refractivity contribution in [1.82, 2.24) is 4.57 Å². The van der Waals surface area contributed by atoms with Gasteiger partial charge in [0.2, 0.25) is 0 Å². The number of pyridine rings is 1. The number of methoxy groups -OCH3 is 1. The smallest absolute Gasteiger partial charge is 0.164 e. The van der Waals surface area contributed by atoms with E-state index in [1.807, 2.05) is 19.1 Å². The molecular formula is C21H24N2O6S. The molecule has 1 aromatic carbocycles. The van der Waals surface area contributed by atoms with Crippen LogP contribution in [-0.4, -0.2) is 63.1 Å². The van der Waals surface area contributed by atoms with Gasteiger partial charge in [0.15, 0.2) is 6.23 Å². The van der Waals surface area contributed by atoms with Crippen LogP contribution in [0, 0.1) is 16.0 Å². The Morgan fingerprint density at radius 3 is 2.37 bits per heavy atom. The van der Waals surface area contributed by atoms with Crippen LogP contribution in [-0.2, 0) is 11.2 Å². The first-order valence-corrected chi connectivity index (χ1v) is 9.92. The van der Waals surface area contributed by atoms with Crippen molar-refractivity contribution in [3.63, 3.8) is 0 Å². The van der Waals surface area contributed by atoms with Gasteiger partial charge in [0, 0.05) is 11.3 Å². The second-order valence-corrected chi connectivity index (χ2v) is 7.40. The Bertz CT molecular complexity index is 998. The molecule has 0 saturated carbocycles. The molecule has 0 radical (unpaired) electrons. The highest BCUT2D eigenvalue weighted by Gasteiger charge is 2.44. The molecular weight excluding hydrogens is 408 g/mol. The molecule has 0 aliphatic carbocycles. The summed E-state index contributed by atoms with van der Waals surface area (Å²) in [7, 11) is 1.57. The van der Waals surface area contributed by atoms with Gasteiger partial charge in [-0.2, -0.15) is 5.26 Å². The van der Waals surface area contributed by atoms with Gasteiger partial charge in [0.05, 0.1) is 19.3 Å². The number of benzene rings is 1. The molecule has 4 N–H and O–H groups in total. The molecule has 0 amide bonds. The molecule has 0 spiro atoms. The molecule has 3 rings (SSSR count). The molecule has 1 saturated heterocycles. The summed E-state index contributed by atoms with van der Waals surface area (Å²) in [5.41, 5.74) is 2.27. The monoisotopic (exact) mass is 432 g/mol. The Balaban J connectivity index is 2.17. The average Bonchev–Trinajstić information content (AvgIpc) is 2.77. The van der Waals surface area contributed by atoms with E-state index < -0.39 is 37.3 Å². The summed E-state index contributed by atoms with van der Waals surface area (Å²) >= 11 is 5.58. The summed E-state index contributed by atoms with van der Waals surface area (Å²) in [6, 6.07) is 11.1. The standard InChI is InChI=1S/C21H24N2O6S/c1-3-12-8-14(11-4-6-13(28-2)7-5-11)15(9-22)21(30)23(12)20-19(27)18(26)17(25)16(10-24)29-20/h4-8,16-20,24-27H,3,10H2,1-2H3/t16-,17+,18+,19-,20-/m1/s1. The minimum absolute atomic E-state index is 0.131. The van der Waals surface area contributed by atoms with Crippen LogP contribution < -0.4 is 4.74 Å².